The van der Waals surface area contributed by atoms with E-state index < -0.39 is 0 Å². The Morgan fingerprint density at radius 3 is 2.38 bits per heavy atom. The van der Waals surface area contributed by atoms with Gasteiger partial charge in [-0.25, -0.2) is 9.97 Å². The highest BCUT2D eigenvalue weighted by Gasteiger charge is 2.23. The quantitative estimate of drug-likeness (QED) is 0.758. The molecule has 0 unspecified atom stereocenters. The van der Waals surface area contributed by atoms with Gasteiger partial charge in [0.2, 0.25) is 23.6 Å². The molecule has 2 aromatic heterocycles. The second kappa shape index (κ2) is 8.17. The summed E-state index contributed by atoms with van der Waals surface area (Å²) in [6, 6.07) is 1.62. The monoisotopic (exact) mass is 376 g/mol. The van der Waals surface area contributed by atoms with E-state index in [1.165, 1.54) is 18.7 Å². The van der Waals surface area contributed by atoms with Crippen LogP contribution >= 0.6 is 11.8 Å². The molecule has 1 N–H and O–H groups in total. The van der Waals surface area contributed by atoms with Crippen LogP contribution in [-0.2, 0) is 4.79 Å². The van der Waals surface area contributed by atoms with E-state index in [1.807, 2.05) is 0 Å². The molecule has 1 aliphatic rings. The van der Waals surface area contributed by atoms with E-state index >= 15 is 0 Å². The number of methoxy groups -OCH3 is 2. The van der Waals surface area contributed by atoms with Crippen molar-refractivity contribution in [3.8, 4) is 11.8 Å². The molecule has 1 saturated heterocycles. The second-order valence-corrected chi connectivity index (χ2v) is 6.55. The molecular weight excluding hydrogens is 356 g/mol. The van der Waals surface area contributed by atoms with E-state index in [1.54, 1.807) is 26.5 Å². The van der Waals surface area contributed by atoms with Gasteiger partial charge in [0.1, 0.15) is 10.7 Å². The van der Waals surface area contributed by atoms with Gasteiger partial charge in [0.25, 0.3) is 0 Å². The predicted molar refractivity (Wildman–Crippen MR) is 97.0 cm³/mol. The molecule has 0 radical (unpaired) electrons. The second-order valence-electron chi connectivity index (χ2n) is 5.57. The summed E-state index contributed by atoms with van der Waals surface area (Å²) in [6.07, 6.45) is 3.81. The molecule has 9 nitrogen and oxygen atoms in total. The zero-order valence-corrected chi connectivity index (χ0v) is 15.7. The van der Waals surface area contributed by atoms with Crippen LogP contribution in [0.5, 0.6) is 11.8 Å². The fourth-order valence-corrected chi connectivity index (χ4v) is 3.43. The number of carbonyl (C=O) groups excluding carboxylic acids is 1. The zero-order chi connectivity index (χ0) is 18.5. The third-order valence-corrected chi connectivity index (χ3v) is 4.63. The Bertz CT molecular complexity index is 772. The third kappa shape index (κ3) is 4.13. The number of amides is 1. The van der Waals surface area contributed by atoms with Crippen LogP contribution in [0.4, 0.5) is 11.8 Å². The van der Waals surface area contributed by atoms with Gasteiger partial charge in [0.15, 0.2) is 5.16 Å². The van der Waals surface area contributed by atoms with Gasteiger partial charge in [-0.3, -0.25) is 4.79 Å². The number of nitrogens with zero attached hydrogens (tertiary/aromatic N) is 5. The molecule has 0 bridgehead atoms. The number of carbonyl (C=O) groups is 1. The van der Waals surface area contributed by atoms with Crippen molar-refractivity contribution in [3.05, 3.63) is 12.3 Å². The van der Waals surface area contributed by atoms with Gasteiger partial charge in [-0.2, -0.15) is 9.97 Å². The first-order valence-corrected chi connectivity index (χ1v) is 8.96. The van der Waals surface area contributed by atoms with Gasteiger partial charge in [-0.15, -0.1) is 0 Å². The van der Waals surface area contributed by atoms with E-state index in [2.05, 4.69) is 30.2 Å². The SMILES string of the molecule is COc1nc(N2CCCC2)nc(OC)c1Sc1nccc(NC(C)=O)n1. The molecule has 0 spiro atoms. The molecule has 26 heavy (non-hydrogen) atoms. The number of aromatic nitrogens is 4. The van der Waals surface area contributed by atoms with Crippen LogP contribution in [0.25, 0.3) is 0 Å². The van der Waals surface area contributed by atoms with Crippen LogP contribution in [0.1, 0.15) is 19.8 Å². The first kappa shape index (κ1) is 18.2. The summed E-state index contributed by atoms with van der Waals surface area (Å²) in [5, 5.41) is 3.05. The summed E-state index contributed by atoms with van der Waals surface area (Å²) in [5.74, 6) is 1.61. The molecule has 10 heteroatoms. The molecule has 1 aliphatic heterocycles. The van der Waals surface area contributed by atoms with Crippen LogP contribution in [0.2, 0.25) is 0 Å². The lowest BCUT2D eigenvalue weighted by atomic mass is 10.4. The predicted octanol–water partition coefficient (Wildman–Crippen LogP) is 1.99. The van der Waals surface area contributed by atoms with Crippen molar-refractivity contribution < 1.29 is 14.3 Å². The average Bonchev–Trinajstić information content (AvgIpc) is 3.16. The normalized spacial score (nSPS) is 13.6. The van der Waals surface area contributed by atoms with Gasteiger partial charge in [0, 0.05) is 26.2 Å². The third-order valence-electron chi connectivity index (χ3n) is 3.70. The van der Waals surface area contributed by atoms with Crippen LogP contribution in [0, 0.1) is 0 Å². The number of ether oxygens (including phenoxy) is 2. The highest BCUT2D eigenvalue weighted by molar-refractivity contribution is 7.99. The first-order chi connectivity index (χ1) is 12.6. The van der Waals surface area contributed by atoms with E-state index in [0.717, 1.165) is 25.9 Å². The highest BCUT2D eigenvalue weighted by Crippen LogP contribution is 2.40. The van der Waals surface area contributed by atoms with E-state index in [0.29, 0.717) is 33.6 Å². The van der Waals surface area contributed by atoms with Gasteiger partial charge >= 0.3 is 0 Å². The lowest BCUT2D eigenvalue weighted by molar-refractivity contribution is -0.114. The van der Waals surface area contributed by atoms with Crippen LogP contribution in [-0.4, -0.2) is 53.2 Å². The molecule has 0 aliphatic carbocycles. The molecular formula is C16H20N6O3S. The van der Waals surface area contributed by atoms with Crippen LogP contribution < -0.4 is 19.7 Å². The van der Waals surface area contributed by atoms with Crippen molar-refractivity contribution in [2.75, 3.05) is 37.5 Å². The molecule has 0 saturated carbocycles. The Kier molecular flexibility index (Phi) is 5.71. The topological polar surface area (TPSA) is 102 Å². The van der Waals surface area contributed by atoms with Crippen molar-refractivity contribution in [1.29, 1.82) is 0 Å². The molecule has 3 heterocycles. The molecule has 138 valence electrons. The summed E-state index contributed by atoms with van der Waals surface area (Å²) >= 11 is 1.22. The van der Waals surface area contributed by atoms with Crippen molar-refractivity contribution >= 4 is 29.4 Å². The maximum Gasteiger partial charge on any atom is 0.236 e. The average molecular weight is 376 g/mol. The minimum Gasteiger partial charge on any atom is -0.480 e. The van der Waals surface area contributed by atoms with Gasteiger partial charge < -0.3 is 19.7 Å². The summed E-state index contributed by atoms with van der Waals surface area (Å²) in [7, 11) is 3.10. The standard InChI is InChI=1S/C16H20N6O3S/c1-10(23)18-11-6-7-17-16(19-11)26-12-13(24-2)20-15(21-14(12)25-3)22-8-4-5-9-22/h6-7H,4-5,8-9H2,1-3H3,(H,17,18,19,23). The number of anilines is 2. The molecule has 0 atom stereocenters. The molecule has 1 amide bonds. The molecule has 0 aromatic carbocycles. The first-order valence-electron chi connectivity index (χ1n) is 8.14. The Hall–Kier alpha value is -2.62. The van der Waals surface area contributed by atoms with E-state index in [4.69, 9.17) is 9.47 Å². The Balaban J connectivity index is 1.92. The number of hydrogen-bond acceptors (Lipinski definition) is 9. The smallest absolute Gasteiger partial charge is 0.236 e. The maximum absolute atomic E-state index is 11.2. The Morgan fingerprint density at radius 2 is 1.81 bits per heavy atom. The lowest BCUT2D eigenvalue weighted by Gasteiger charge is -2.18. The molecule has 2 aromatic rings. The van der Waals surface area contributed by atoms with Crippen LogP contribution in [0.3, 0.4) is 0 Å². The number of rotatable bonds is 6. The largest absolute Gasteiger partial charge is 0.480 e. The zero-order valence-electron chi connectivity index (χ0n) is 14.9. The van der Waals surface area contributed by atoms with Gasteiger partial charge in [-0.1, -0.05) is 0 Å². The number of hydrogen-bond donors (Lipinski definition) is 1. The summed E-state index contributed by atoms with van der Waals surface area (Å²) in [4.78, 5) is 31.4. The lowest BCUT2D eigenvalue weighted by Crippen LogP contribution is -2.21. The summed E-state index contributed by atoms with van der Waals surface area (Å²) < 4.78 is 10.9. The van der Waals surface area contributed by atoms with Crippen LogP contribution in [0.15, 0.2) is 22.3 Å². The molecule has 1 fully saturated rings. The Labute approximate surface area is 155 Å². The minimum atomic E-state index is -0.201. The molecule has 3 rings (SSSR count). The van der Waals surface area contributed by atoms with E-state index in [-0.39, 0.29) is 5.91 Å². The minimum absolute atomic E-state index is 0.201. The fraction of sp³-hybridized carbons (Fsp3) is 0.438. The highest BCUT2D eigenvalue weighted by atomic mass is 32.2. The van der Waals surface area contributed by atoms with E-state index in [9.17, 15) is 4.79 Å². The van der Waals surface area contributed by atoms with Gasteiger partial charge in [0.05, 0.1) is 14.2 Å². The van der Waals surface area contributed by atoms with Crippen molar-refractivity contribution in [3.63, 3.8) is 0 Å². The summed E-state index contributed by atoms with van der Waals surface area (Å²) in [5.41, 5.74) is 0. The number of nitrogens with one attached hydrogen (secondary N) is 1. The van der Waals surface area contributed by atoms with Gasteiger partial charge in [-0.05, 0) is 30.7 Å². The van der Waals surface area contributed by atoms with Crippen molar-refractivity contribution in [1.82, 2.24) is 19.9 Å². The maximum atomic E-state index is 11.2. The fourth-order valence-electron chi connectivity index (χ4n) is 2.55. The Morgan fingerprint density at radius 1 is 1.15 bits per heavy atom. The summed E-state index contributed by atoms with van der Waals surface area (Å²) in [6.45, 7) is 3.26. The van der Waals surface area contributed by atoms with Crippen molar-refractivity contribution in [2.24, 2.45) is 0 Å². The van der Waals surface area contributed by atoms with Crippen molar-refractivity contribution in [2.45, 2.75) is 29.8 Å².